The zero-order valence-electron chi connectivity index (χ0n) is 12.1. The van der Waals surface area contributed by atoms with E-state index in [9.17, 15) is 0 Å². The molecule has 0 saturated carbocycles. The molecule has 0 aliphatic heterocycles. The van der Waals surface area contributed by atoms with Crippen molar-refractivity contribution in [2.45, 2.75) is 6.92 Å². The summed E-state index contributed by atoms with van der Waals surface area (Å²) < 4.78 is 4.98. The molecule has 21 heavy (non-hydrogen) atoms. The molecule has 0 amide bonds. The van der Waals surface area contributed by atoms with E-state index in [0.29, 0.717) is 30.5 Å². The summed E-state index contributed by atoms with van der Waals surface area (Å²) in [4.78, 5) is 8.70. The van der Waals surface area contributed by atoms with Crippen LogP contribution in [0.4, 0.5) is 17.5 Å². The van der Waals surface area contributed by atoms with Gasteiger partial charge >= 0.3 is 0 Å². The van der Waals surface area contributed by atoms with Crippen LogP contribution in [0.2, 0.25) is 0 Å². The minimum atomic E-state index is 0.559. The molecular weight excluding hydrogens is 266 g/mol. The Morgan fingerprint density at radius 1 is 1.24 bits per heavy atom. The SMILES string of the molecule is COCCNc1nc(C)cc(Nc2ccc(C#N)cc2)n1. The lowest BCUT2D eigenvalue weighted by molar-refractivity contribution is 0.210. The van der Waals surface area contributed by atoms with E-state index in [1.807, 2.05) is 25.1 Å². The van der Waals surface area contributed by atoms with Gasteiger partial charge in [-0.1, -0.05) is 0 Å². The first kappa shape index (κ1) is 14.8. The van der Waals surface area contributed by atoms with Crippen LogP contribution in [-0.4, -0.2) is 30.2 Å². The van der Waals surface area contributed by atoms with Crippen molar-refractivity contribution in [1.82, 2.24) is 9.97 Å². The van der Waals surface area contributed by atoms with Crippen LogP contribution in [0, 0.1) is 18.3 Å². The molecule has 0 saturated heterocycles. The molecular formula is C15H17N5O. The molecule has 1 aromatic heterocycles. The van der Waals surface area contributed by atoms with Crippen molar-refractivity contribution in [2.75, 3.05) is 30.9 Å². The second kappa shape index (κ2) is 7.22. The summed E-state index contributed by atoms with van der Waals surface area (Å²) in [5.74, 6) is 1.26. The standard InChI is InChI=1S/C15H17N5O/c1-11-9-14(20-15(18-11)17-7-8-21-2)19-13-5-3-12(10-16)4-6-13/h3-6,9H,7-8H2,1-2H3,(H2,17,18,19,20). The Balaban J connectivity index is 2.09. The number of ether oxygens (including phenoxy) is 1. The first-order valence-electron chi connectivity index (χ1n) is 6.57. The number of hydrogen-bond donors (Lipinski definition) is 2. The fourth-order valence-corrected chi connectivity index (χ4v) is 1.75. The molecule has 0 spiro atoms. The van der Waals surface area contributed by atoms with Crippen LogP contribution in [0.25, 0.3) is 0 Å². The first-order valence-corrected chi connectivity index (χ1v) is 6.57. The predicted octanol–water partition coefficient (Wildman–Crippen LogP) is 2.46. The van der Waals surface area contributed by atoms with Crippen molar-refractivity contribution < 1.29 is 4.74 Å². The zero-order chi connectivity index (χ0) is 15.1. The topological polar surface area (TPSA) is 82.9 Å². The van der Waals surface area contributed by atoms with Crippen LogP contribution >= 0.6 is 0 Å². The normalized spacial score (nSPS) is 9.95. The molecule has 1 aromatic carbocycles. The molecule has 0 fully saturated rings. The Bertz CT molecular complexity index is 634. The van der Waals surface area contributed by atoms with E-state index in [4.69, 9.17) is 10.00 Å². The zero-order valence-corrected chi connectivity index (χ0v) is 12.1. The van der Waals surface area contributed by atoms with Gasteiger partial charge in [-0.3, -0.25) is 0 Å². The van der Waals surface area contributed by atoms with E-state index in [1.54, 1.807) is 19.2 Å². The van der Waals surface area contributed by atoms with Crippen LogP contribution in [0.3, 0.4) is 0 Å². The Hall–Kier alpha value is -2.65. The van der Waals surface area contributed by atoms with E-state index in [2.05, 4.69) is 26.7 Å². The molecule has 2 N–H and O–H groups in total. The van der Waals surface area contributed by atoms with Crippen LogP contribution in [0.1, 0.15) is 11.3 Å². The van der Waals surface area contributed by atoms with Crippen molar-refractivity contribution in [2.24, 2.45) is 0 Å². The lowest BCUT2D eigenvalue weighted by Gasteiger charge is -2.09. The van der Waals surface area contributed by atoms with E-state index in [0.717, 1.165) is 11.4 Å². The average molecular weight is 283 g/mol. The first-order chi connectivity index (χ1) is 10.2. The van der Waals surface area contributed by atoms with Gasteiger partial charge in [0.15, 0.2) is 0 Å². The summed E-state index contributed by atoms with van der Waals surface area (Å²) in [6, 6.07) is 11.1. The number of benzene rings is 1. The maximum Gasteiger partial charge on any atom is 0.224 e. The molecule has 0 radical (unpaired) electrons. The third-order valence-corrected chi connectivity index (χ3v) is 2.73. The van der Waals surface area contributed by atoms with Crippen molar-refractivity contribution in [3.63, 3.8) is 0 Å². The monoisotopic (exact) mass is 283 g/mol. The quantitative estimate of drug-likeness (QED) is 0.792. The summed E-state index contributed by atoms with van der Waals surface area (Å²) in [6.45, 7) is 3.15. The van der Waals surface area contributed by atoms with Gasteiger partial charge in [-0.15, -0.1) is 0 Å². The van der Waals surface area contributed by atoms with E-state index in [1.165, 1.54) is 0 Å². The number of rotatable bonds is 6. The minimum Gasteiger partial charge on any atom is -0.383 e. The van der Waals surface area contributed by atoms with Crippen LogP contribution in [0.15, 0.2) is 30.3 Å². The largest absolute Gasteiger partial charge is 0.383 e. The number of nitriles is 1. The molecule has 2 aromatic rings. The summed E-state index contributed by atoms with van der Waals surface area (Å²) >= 11 is 0. The number of nitrogens with one attached hydrogen (secondary N) is 2. The Morgan fingerprint density at radius 3 is 2.67 bits per heavy atom. The second-order valence-electron chi connectivity index (χ2n) is 4.45. The predicted molar refractivity (Wildman–Crippen MR) is 81.6 cm³/mol. The van der Waals surface area contributed by atoms with Crippen molar-refractivity contribution in [3.8, 4) is 6.07 Å². The number of anilines is 3. The van der Waals surface area contributed by atoms with Gasteiger partial charge in [0, 0.05) is 31.1 Å². The van der Waals surface area contributed by atoms with Gasteiger partial charge in [-0.05, 0) is 31.2 Å². The highest BCUT2D eigenvalue weighted by Crippen LogP contribution is 2.17. The van der Waals surface area contributed by atoms with Crippen molar-refractivity contribution >= 4 is 17.5 Å². The summed E-state index contributed by atoms with van der Waals surface area (Å²) in [5.41, 5.74) is 2.36. The lowest BCUT2D eigenvalue weighted by Crippen LogP contribution is -2.11. The molecule has 0 unspecified atom stereocenters. The molecule has 1 heterocycles. The Kier molecular flexibility index (Phi) is 5.07. The molecule has 0 bridgehead atoms. The Morgan fingerprint density at radius 2 is 2.00 bits per heavy atom. The van der Waals surface area contributed by atoms with Gasteiger partial charge < -0.3 is 15.4 Å². The highest BCUT2D eigenvalue weighted by Gasteiger charge is 2.02. The van der Waals surface area contributed by atoms with Crippen LogP contribution < -0.4 is 10.6 Å². The average Bonchev–Trinajstić information content (AvgIpc) is 2.48. The fraction of sp³-hybridized carbons (Fsp3) is 0.267. The summed E-state index contributed by atoms with van der Waals surface area (Å²) in [5, 5.41) is 15.1. The van der Waals surface area contributed by atoms with Crippen LogP contribution in [-0.2, 0) is 4.74 Å². The van der Waals surface area contributed by atoms with Gasteiger partial charge in [0.25, 0.3) is 0 Å². The van der Waals surface area contributed by atoms with Crippen molar-refractivity contribution in [3.05, 3.63) is 41.6 Å². The summed E-state index contributed by atoms with van der Waals surface area (Å²) in [6.07, 6.45) is 0. The van der Waals surface area contributed by atoms with Gasteiger partial charge in [-0.25, -0.2) is 4.98 Å². The van der Waals surface area contributed by atoms with Gasteiger partial charge in [-0.2, -0.15) is 10.2 Å². The smallest absolute Gasteiger partial charge is 0.224 e. The third kappa shape index (κ3) is 4.44. The summed E-state index contributed by atoms with van der Waals surface area (Å²) in [7, 11) is 1.65. The van der Waals surface area contributed by atoms with Gasteiger partial charge in [0.1, 0.15) is 5.82 Å². The number of aromatic nitrogens is 2. The fourth-order valence-electron chi connectivity index (χ4n) is 1.75. The maximum atomic E-state index is 8.78. The third-order valence-electron chi connectivity index (χ3n) is 2.73. The molecule has 108 valence electrons. The molecule has 2 rings (SSSR count). The Labute approximate surface area is 123 Å². The van der Waals surface area contributed by atoms with Gasteiger partial charge in [0.05, 0.1) is 18.2 Å². The van der Waals surface area contributed by atoms with E-state index < -0.39 is 0 Å². The second-order valence-corrected chi connectivity index (χ2v) is 4.45. The van der Waals surface area contributed by atoms with Crippen LogP contribution in [0.5, 0.6) is 0 Å². The highest BCUT2D eigenvalue weighted by atomic mass is 16.5. The highest BCUT2D eigenvalue weighted by molar-refractivity contribution is 5.58. The van der Waals surface area contributed by atoms with Gasteiger partial charge in [0.2, 0.25) is 5.95 Å². The molecule has 6 nitrogen and oxygen atoms in total. The molecule has 0 aliphatic rings. The number of methoxy groups -OCH3 is 1. The molecule has 0 atom stereocenters. The minimum absolute atomic E-state index is 0.559. The molecule has 6 heteroatoms. The lowest BCUT2D eigenvalue weighted by atomic mass is 10.2. The number of hydrogen-bond acceptors (Lipinski definition) is 6. The number of aryl methyl sites for hydroxylation is 1. The number of nitrogens with zero attached hydrogens (tertiary/aromatic N) is 3. The van der Waals surface area contributed by atoms with Crippen molar-refractivity contribution in [1.29, 1.82) is 5.26 Å². The molecule has 0 aliphatic carbocycles. The maximum absolute atomic E-state index is 8.78. The van der Waals surface area contributed by atoms with E-state index >= 15 is 0 Å². The van der Waals surface area contributed by atoms with E-state index in [-0.39, 0.29) is 0 Å².